The van der Waals surface area contributed by atoms with E-state index in [-0.39, 0.29) is 42.6 Å². The van der Waals surface area contributed by atoms with Crippen LogP contribution in [-0.4, -0.2) is 131 Å². The average molecular weight is 840 g/mol. The van der Waals surface area contributed by atoms with Crippen LogP contribution in [0.25, 0.3) is 0 Å². The number of fused-ring (bicyclic) bond motifs is 2. The number of urea groups is 1. The maximum Gasteiger partial charge on any atom is 0.573 e. The molecule has 0 spiro atoms. The molecule has 0 bridgehead atoms. The van der Waals surface area contributed by atoms with Crippen LogP contribution in [0.15, 0.2) is 42.5 Å². The second kappa shape index (κ2) is 18.9. The predicted octanol–water partition coefficient (Wildman–Crippen LogP) is 2.87. The number of benzene rings is 2. The van der Waals surface area contributed by atoms with Gasteiger partial charge >= 0.3 is 12.4 Å². The van der Waals surface area contributed by atoms with E-state index in [1.54, 1.807) is 18.7 Å². The number of carbonyl (C=O) groups is 5. The predicted molar refractivity (Wildman–Crippen MR) is 201 cm³/mol. The summed E-state index contributed by atoms with van der Waals surface area (Å²) in [4.78, 5) is 73.8. The first-order valence-corrected chi connectivity index (χ1v) is 19.3. The fourth-order valence-electron chi connectivity index (χ4n) is 7.64. The molecule has 2 aromatic carbocycles. The van der Waals surface area contributed by atoms with Crippen LogP contribution in [0.1, 0.15) is 52.5 Å². The summed E-state index contributed by atoms with van der Waals surface area (Å²) in [5.74, 6) is -4.88. The molecule has 0 saturated carbocycles. The Morgan fingerprint density at radius 2 is 1.64 bits per heavy atom. The van der Waals surface area contributed by atoms with Crippen LogP contribution in [0.3, 0.4) is 0 Å². The van der Waals surface area contributed by atoms with Crippen LogP contribution in [0.5, 0.6) is 5.75 Å². The third kappa shape index (κ3) is 11.6. The van der Waals surface area contributed by atoms with Gasteiger partial charge in [0.05, 0.1) is 30.8 Å². The third-order valence-electron chi connectivity index (χ3n) is 10.8. The second-order valence-electron chi connectivity index (χ2n) is 15.4. The summed E-state index contributed by atoms with van der Waals surface area (Å²) in [5.41, 5.74) is -0.0446. The lowest BCUT2D eigenvalue weighted by atomic mass is 10.0. The number of aliphatic hydroxyl groups is 1. The lowest BCUT2D eigenvalue weighted by molar-refractivity contribution is -0.274. The molecule has 6 amide bonds. The van der Waals surface area contributed by atoms with Crippen molar-refractivity contribution >= 4 is 35.3 Å². The summed E-state index contributed by atoms with van der Waals surface area (Å²) in [6.45, 7) is 7.19. The molecule has 0 aromatic heterocycles. The molecular formula is C39H50F5N7O8. The summed E-state index contributed by atoms with van der Waals surface area (Å²) in [6.07, 6.45) is -6.57. The van der Waals surface area contributed by atoms with Crippen LogP contribution in [-0.2, 0) is 30.3 Å². The second-order valence-corrected chi connectivity index (χ2v) is 15.4. The minimum Gasteiger partial charge on any atom is -0.406 e. The molecule has 3 aliphatic heterocycles. The Morgan fingerprint density at radius 1 is 0.983 bits per heavy atom. The number of halogens is 5. The first-order chi connectivity index (χ1) is 27.7. The van der Waals surface area contributed by atoms with Gasteiger partial charge in [0.15, 0.2) is 0 Å². The standard InChI is InChI=1S/C39H50F5N7O8/c1-20-13-28-19-58-23(4)32(37(56)50-12-6-7-31(50)36(55)49(5)22(3)33(52)45-21(2)35(54)51(28)18-20)48-34(53)30(16-24-14-25(40)17-26(41)15-24)47-38(57)46-27-8-10-29(11-9-27)59-39(42,43)44/h8-11,14-15,17,20-23,28,30-33,45,52H,6-7,12-13,16,18-19H2,1-5H3,(H,48,53)(H2,46,47,57)/t20-,21-,22-,23-,28?,30-,31-,32-,33?/m0/s1. The Bertz CT molecular complexity index is 1840. The molecule has 2 unspecified atom stereocenters. The van der Waals surface area contributed by atoms with Gasteiger partial charge in [-0.2, -0.15) is 0 Å². The number of hydrogen-bond donors (Lipinski definition) is 5. The molecular weight excluding hydrogens is 789 g/mol. The minimum absolute atomic E-state index is 0.00167. The van der Waals surface area contributed by atoms with Crippen molar-refractivity contribution in [3.8, 4) is 5.75 Å². The van der Waals surface area contributed by atoms with Crippen molar-refractivity contribution in [2.75, 3.05) is 32.1 Å². The Morgan fingerprint density at radius 3 is 2.29 bits per heavy atom. The topological polar surface area (TPSA) is 182 Å². The molecule has 3 aliphatic rings. The molecule has 59 heavy (non-hydrogen) atoms. The SMILES string of the molecule is C[C@H]1CC2CO[C@@H](C)[C@H](NC(=O)[C@H](Cc3cc(F)cc(F)c3)NC(=O)Nc3ccc(OC(F)(F)F)cc3)C(=O)N3CCC[C@H]3C(=O)N(C)[C@@H](C)C(O)N[C@@H](C)C(=O)N2C1. The molecule has 9 atom stereocenters. The number of ether oxygens (including phenoxy) is 2. The normalized spacial score (nSPS) is 27.8. The van der Waals surface area contributed by atoms with Crippen molar-refractivity contribution in [2.45, 2.75) is 108 Å². The van der Waals surface area contributed by atoms with Gasteiger partial charge in [0.1, 0.15) is 41.7 Å². The van der Waals surface area contributed by atoms with Crippen molar-refractivity contribution in [2.24, 2.45) is 5.92 Å². The quantitative estimate of drug-likeness (QED) is 0.262. The van der Waals surface area contributed by atoms with E-state index in [1.165, 1.54) is 23.8 Å². The lowest BCUT2D eigenvalue weighted by Crippen LogP contribution is -2.62. The van der Waals surface area contributed by atoms with Gasteiger partial charge in [-0.15, -0.1) is 13.2 Å². The fourth-order valence-corrected chi connectivity index (χ4v) is 7.64. The zero-order valence-corrected chi connectivity index (χ0v) is 33.2. The molecule has 3 heterocycles. The highest BCUT2D eigenvalue weighted by molar-refractivity contribution is 5.97. The molecule has 0 radical (unpaired) electrons. The maximum atomic E-state index is 14.5. The Labute approximate surface area is 337 Å². The van der Waals surface area contributed by atoms with Crippen molar-refractivity contribution in [3.05, 3.63) is 59.7 Å². The van der Waals surface area contributed by atoms with E-state index in [2.05, 4.69) is 26.0 Å². The van der Waals surface area contributed by atoms with Gasteiger partial charge < -0.3 is 45.2 Å². The molecule has 2 aromatic rings. The van der Waals surface area contributed by atoms with E-state index < -0.39 is 103 Å². The monoisotopic (exact) mass is 839 g/mol. The highest BCUT2D eigenvalue weighted by Gasteiger charge is 2.44. The van der Waals surface area contributed by atoms with Gasteiger partial charge in [0.25, 0.3) is 0 Å². The first kappa shape index (κ1) is 45.0. The molecule has 0 aliphatic carbocycles. The summed E-state index contributed by atoms with van der Waals surface area (Å²) >= 11 is 0. The van der Waals surface area contributed by atoms with Gasteiger partial charge in [0, 0.05) is 38.3 Å². The number of likely N-dealkylation sites (N-methyl/N-ethyl adjacent to an activating group) is 1. The van der Waals surface area contributed by atoms with Crippen LogP contribution >= 0.6 is 0 Å². The number of nitrogens with one attached hydrogen (secondary N) is 4. The molecule has 20 heteroatoms. The van der Waals surface area contributed by atoms with Crippen molar-refractivity contribution < 1.29 is 60.5 Å². The Balaban J connectivity index is 1.44. The molecule has 3 saturated heterocycles. The molecule has 324 valence electrons. The summed E-state index contributed by atoms with van der Waals surface area (Å²) in [6, 6.07) is -0.581. The first-order valence-electron chi connectivity index (χ1n) is 19.3. The van der Waals surface area contributed by atoms with E-state index >= 15 is 0 Å². The number of nitrogens with zero attached hydrogens (tertiary/aromatic N) is 3. The summed E-state index contributed by atoms with van der Waals surface area (Å²) < 4.78 is 76.6. The molecule has 15 nitrogen and oxygen atoms in total. The number of alkyl halides is 3. The van der Waals surface area contributed by atoms with Gasteiger partial charge in [-0.05, 0) is 87.9 Å². The van der Waals surface area contributed by atoms with E-state index in [1.807, 2.05) is 6.92 Å². The number of carbonyl (C=O) groups excluding carboxylic acids is 5. The van der Waals surface area contributed by atoms with Gasteiger partial charge in [-0.1, -0.05) is 6.92 Å². The van der Waals surface area contributed by atoms with Crippen molar-refractivity contribution in [3.63, 3.8) is 0 Å². The molecule has 5 N–H and O–H groups in total. The average Bonchev–Trinajstić information content (AvgIpc) is 3.80. The van der Waals surface area contributed by atoms with Crippen molar-refractivity contribution in [1.29, 1.82) is 0 Å². The number of aliphatic hydroxyl groups excluding tert-OH is 1. The largest absolute Gasteiger partial charge is 0.573 e. The summed E-state index contributed by atoms with van der Waals surface area (Å²) in [7, 11) is 1.47. The smallest absolute Gasteiger partial charge is 0.406 e. The zero-order chi connectivity index (χ0) is 43.3. The van der Waals surface area contributed by atoms with Crippen LogP contribution in [0.2, 0.25) is 0 Å². The minimum atomic E-state index is -4.95. The van der Waals surface area contributed by atoms with Crippen LogP contribution in [0.4, 0.5) is 32.4 Å². The summed E-state index contributed by atoms with van der Waals surface area (Å²) in [5, 5.41) is 21.4. The maximum absolute atomic E-state index is 14.5. The number of hydrogen-bond acceptors (Lipinski definition) is 9. The Hall–Kier alpha value is -5.08. The van der Waals surface area contributed by atoms with Crippen molar-refractivity contribution in [1.82, 2.24) is 30.7 Å². The third-order valence-corrected chi connectivity index (χ3v) is 10.8. The fraction of sp³-hybridized carbons (Fsp3) is 0.564. The van der Waals surface area contributed by atoms with Crippen LogP contribution < -0.4 is 26.0 Å². The highest BCUT2D eigenvalue weighted by atomic mass is 19.4. The Kier molecular flexibility index (Phi) is 14.4. The lowest BCUT2D eigenvalue weighted by Gasteiger charge is -2.38. The molecule has 5 rings (SSSR count). The highest BCUT2D eigenvalue weighted by Crippen LogP contribution is 2.27. The molecule has 3 fully saturated rings. The number of rotatable bonds is 7. The number of amides is 6. The number of anilines is 1. The zero-order valence-electron chi connectivity index (χ0n) is 33.2. The van der Waals surface area contributed by atoms with Gasteiger partial charge in [0.2, 0.25) is 23.6 Å². The van der Waals surface area contributed by atoms with E-state index in [4.69, 9.17) is 4.74 Å². The van der Waals surface area contributed by atoms with E-state index in [0.29, 0.717) is 25.5 Å². The van der Waals surface area contributed by atoms with E-state index in [9.17, 15) is 51.0 Å². The van der Waals surface area contributed by atoms with Gasteiger partial charge in [-0.3, -0.25) is 24.5 Å². The van der Waals surface area contributed by atoms with Crippen LogP contribution in [0, 0.1) is 17.6 Å². The van der Waals surface area contributed by atoms with Gasteiger partial charge in [-0.25, -0.2) is 13.6 Å². The van der Waals surface area contributed by atoms with E-state index in [0.717, 1.165) is 36.4 Å².